The first kappa shape index (κ1) is 16.9. The Hall–Kier alpha value is -0.0800. The standard InChI is InChI=1S/C15H34N2/c1-9-10-16-14(12(2)3)11-17(8)13(4)15(5,6)7/h12-14,16H,9-11H2,1-8H3. The van der Waals surface area contributed by atoms with Crippen molar-refractivity contribution < 1.29 is 0 Å². The first-order valence-corrected chi connectivity index (χ1v) is 7.13. The molecule has 0 spiro atoms. The van der Waals surface area contributed by atoms with E-state index in [2.05, 4.69) is 65.7 Å². The van der Waals surface area contributed by atoms with Gasteiger partial charge in [0.15, 0.2) is 0 Å². The molecule has 0 aliphatic rings. The SMILES string of the molecule is CCCNC(CN(C)C(C)C(C)(C)C)C(C)C. The van der Waals surface area contributed by atoms with Crippen molar-refractivity contribution in [1.82, 2.24) is 10.2 Å². The van der Waals surface area contributed by atoms with Crippen molar-refractivity contribution in [3.8, 4) is 0 Å². The highest BCUT2D eigenvalue weighted by molar-refractivity contribution is 4.81. The fraction of sp³-hybridized carbons (Fsp3) is 1.00. The zero-order valence-corrected chi connectivity index (χ0v) is 13.3. The van der Waals surface area contributed by atoms with Gasteiger partial charge in [-0.3, -0.25) is 0 Å². The van der Waals surface area contributed by atoms with Gasteiger partial charge in [0.2, 0.25) is 0 Å². The minimum Gasteiger partial charge on any atom is -0.312 e. The van der Waals surface area contributed by atoms with Crippen LogP contribution in [0.1, 0.15) is 54.9 Å². The Labute approximate surface area is 109 Å². The van der Waals surface area contributed by atoms with Gasteiger partial charge in [-0.15, -0.1) is 0 Å². The van der Waals surface area contributed by atoms with Crippen LogP contribution in [0.2, 0.25) is 0 Å². The summed E-state index contributed by atoms with van der Waals surface area (Å²) in [5.41, 5.74) is 0.348. The Kier molecular flexibility index (Phi) is 7.34. The Morgan fingerprint density at radius 2 is 1.65 bits per heavy atom. The molecule has 1 N–H and O–H groups in total. The average molecular weight is 242 g/mol. The van der Waals surface area contributed by atoms with Crippen LogP contribution < -0.4 is 5.32 Å². The lowest BCUT2D eigenvalue weighted by Gasteiger charge is -2.38. The van der Waals surface area contributed by atoms with E-state index in [1.807, 2.05) is 0 Å². The smallest absolute Gasteiger partial charge is 0.0217 e. The second kappa shape index (κ2) is 7.38. The van der Waals surface area contributed by atoms with Gasteiger partial charge in [-0.1, -0.05) is 41.5 Å². The zero-order chi connectivity index (χ0) is 13.6. The van der Waals surface area contributed by atoms with Gasteiger partial charge in [-0.25, -0.2) is 0 Å². The van der Waals surface area contributed by atoms with Crippen LogP contribution in [-0.2, 0) is 0 Å². The first-order chi connectivity index (χ1) is 7.70. The summed E-state index contributed by atoms with van der Waals surface area (Å²) >= 11 is 0. The molecule has 17 heavy (non-hydrogen) atoms. The largest absolute Gasteiger partial charge is 0.312 e. The molecule has 0 heterocycles. The van der Waals surface area contributed by atoms with E-state index in [9.17, 15) is 0 Å². The maximum Gasteiger partial charge on any atom is 0.0217 e. The Bertz CT molecular complexity index is 194. The molecule has 0 aliphatic heterocycles. The minimum absolute atomic E-state index is 0.348. The van der Waals surface area contributed by atoms with E-state index < -0.39 is 0 Å². The Morgan fingerprint density at radius 3 is 2.00 bits per heavy atom. The molecule has 0 radical (unpaired) electrons. The van der Waals surface area contributed by atoms with Crippen LogP contribution in [0.4, 0.5) is 0 Å². The van der Waals surface area contributed by atoms with Crippen LogP contribution in [0.5, 0.6) is 0 Å². The fourth-order valence-corrected chi connectivity index (χ4v) is 1.97. The summed E-state index contributed by atoms with van der Waals surface area (Å²) < 4.78 is 0. The van der Waals surface area contributed by atoms with Gasteiger partial charge in [0, 0.05) is 18.6 Å². The summed E-state index contributed by atoms with van der Waals surface area (Å²) in [6.07, 6.45) is 1.21. The number of nitrogens with one attached hydrogen (secondary N) is 1. The Morgan fingerprint density at radius 1 is 1.12 bits per heavy atom. The predicted molar refractivity (Wildman–Crippen MR) is 78.5 cm³/mol. The number of nitrogens with zero attached hydrogens (tertiary/aromatic N) is 1. The van der Waals surface area contributed by atoms with E-state index in [0.29, 0.717) is 23.4 Å². The van der Waals surface area contributed by atoms with Crippen molar-refractivity contribution in [3.63, 3.8) is 0 Å². The van der Waals surface area contributed by atoms with Gasteiger partial charge < -0.3 is 10.2 Å². The van der Waals surface area contributed by atoms with Crippen molar-refractivity contribution in [1.29, 1.82) is 0 Å². The molecule has 0 saturated heterocycles. The normalized spacial score (nSPS) is 16.6. The maximum atomic E-state index is 3.66. The van der Waals surface area contributed by atoms with Crippen LogP contribution in [-0.4, -0.2) is 37.1 Å². The summed E-state index contributed by atoms with van der Waals surface area (Å²) in [6.45, 7) is 18.4. The minimum atomic E-state index is 0.348. The highest BCUT2D eigenvalue weighted by atomic mass is 15.2. The van der Waals surface area contributed by atoms with Gasteiger partial charge in [0.05, 0.1) is 0 Å². The van der Waals surface area contributed by atoms with E-state index >= 15 is 0 Å². The van der Waals surface area contributed by atoms with Crippen molar-refractivity contribution in [2.24, 2.45) is 11.3 Å². The predicted octanol–water partition coefficient (Wildman–Crippen LogP) is 3.38. The molecule has 0 amide bonds. The molecule has 2 unspecified atom stereocenters. The third-order valence-corrected chi connectivity index (χ3v) is 3.86. The quantitative estimate of drug-likeness (QED) is 0.736. The molecule has 2 atom stereocenters. The lowest BCUT2D eigenvalue weighted by molar-refractivity contribution is 0.121. The highest BCUT2D eigenvalue weighted by Gasteiger charge is 2.26. The maximum absolute atomic E-state index is 3.66. The van der Waals surface area contributed by atoms with E-state index in [-0.39, 0.29) is 0 Å². The van der Waals surface area contributed by atoms with Crippen LogP contribution in [0.3, 0.4) is 0 Å². The van der Waals surface area contributed by atoms with Gasteiger partial charge in [0.25, 0.3) is 0 Å². The molecule has 0 rings (SSSR count). The lowest BCUT2D eigenvalue weighted by atomic mass is 9.86. The lowest BCUT2D eigenvalue weighted by Crippen LogP contribution is -2.48. The third-order valence-electron chi connectivity index (χ3n) is 3.86. The second-order valence-corrected chi connectivity index (χ2v) is 6.79. The van der Waals surface area contributed by atoms with E-state index in [1.165, 1.54) is 6.42 Å². The van der Waals surface area contributed by atoms with Crippen LogP contribution in [0, 0.1) is 11.3 Å². The van der Waals surface area contributed by atoms with Gasteiger partial charge in [-0.05, 0) is 38.3 Å². The van der Waals surface area contributed by atoms with Crippen molar-refractivity contribution in [2.75, 3.05) is 20.1 Å². The van der Waals surface area contributed by atoms with Crippen LogP contribution >= 0.6 is 0 Å². The summed E-state index contributed by atoms with van der Waals surface area (Å²) in [7, 11) is 2.25. The zero-order valence-electron chi connectivity index (χ0n) is 13.3. The van der Waals surface area contributed by atoms with Crippen molar-refractivity contribution in [2.45, 2.75) is 67.0 Å². The monoisotopic (exact) mass is 242 g/mol. The number of hydrogen-bond donors (Lipinski definition) is 1. The Balaban J connectivity index is 4.34. The average Bonchev–Trinajstić information content (AvgIpc) is 2.20. The van der Waals surface area contributed by atoms with Gasteiger partial charge in [0.1, 0.15) is 0 Å². The number of hydrogen-bond acceptors (Lipinski definition) is 2. The van der Waals surface area contributed by atoms with Crippen molar-refractivity contribution in [3.05, 3.63) is 0 Å². The van der Waals surface area contributed by atoms with Crippen molar-refractivity contribution >= 4 is 0 Å². The summed E-state index contributed by atoms with van der Waals surface area (Å²) in [4.78, 5) is 2.49. The summed E-state index contributed by atoms with van der Waals surface area (Å²) in [5, 5.41) is 3.66. The number of rotatable bonds is 7. The molecule has 0 aliphatic carbocycles. The van der Waals surface area contributed by atoms with Gasteiger partial charge in [-0.2, -0.15) is 0 Å². The van der Waals surface area contributed by atoms with Gasteiger partial charge >= 0.3 is 0 Å². The van der Waals surface area contributed by atoms with Crippen LogP contribution in [0.25, 0.3) is 0 Å². The topological polar surface area (TPSA) is 15.3 Å². The van der Waals surface area contributed by atoms with Crippen LogP contribution in [0.15, 0.2) is 0 Å². The molecule has 0 fully saturated rings. The molecule has 0 aromatic carbocycles. The molecule has 0 saturated carbocycles. The molecule has 2 heteroatoms. The number of likely N-dealkylation sites (N-methyl/N-ethyl adjacent to an activating group) is 1. The van der Waals surface area contributed by atoms with E-state index in [1.54, 1.807) is 0 Å². The second-order valence-electron chi connectivity index (χ2n) is 6.79. The summed E-state index contributed by atoms with van der Waals surface area (Å²) in [6, 6.07) is 1.21. The molecule has 0 aromatic heterocycles. The first-order valence-electron chi connectivity index (χ1n) is 7.13. The summed E-state index contributed by atoms with van der Waals surface area (Å²) in [5.74, 6) is 0.691. The molecule has 104 valence electrons. The molecule has 0 bridgehead atoms. The molecule has 2 nitrogen and oxygen atoms in total. The fourth-order valence-electron chi connectivity index (χ4n) is 1.97. The highest BCUT2D eigenvalue weighted by Crippen LogP contribution is 2.23. The van der Waals surface area contributed by atoms with E-state index in [4.69, 9.17) is 0 Å². The molecule has 0 aromatic rings. The molecular weight excluding hydrogens is 208 g/mol. The third kappa shape index (κ3) is 6.42. The van der Waals surface area contributed by atoms with E-state index in [0.717, 1.165) is 13.1 Å². The molecular formula is C15H34N2.